The Labute approximate surface area is 66.1 Å². The molecule has 70 valence electrons. The second-order valence-corrected chi connectivity index (χ2v) is 2.69. The first kappa shape index (κ1) is 9.31. The highest BCUT2D eigenvalue weighted by Gasteiger charge is 2.48. The fourth-order valence-corrected chi connectivity index (χ4v) is 0.812. The first-order valence-electron chi connectivity index (χ1n) is 3.36. The van der Waals surface area contributed by atoms with Gasteiger partial charge in [0, 0.05) is 12.8 Å². The molecule has 0 unspecified atom stereocenters. The highest BCUT2D eigenvalue weighted by Crippen LogP contribution is 2.34. The fourth-order valence-electron chi connectivity index (χ4n) is 0.812. The SMILES string of the molecule is O=C(OC1(O)CCC1)C(F)(F)F. The van der Waals surface area contributed by atoms with Crippen molar-refractivity contribution in [2.75, 3.05) is 0 Å². The van der Waals surface area contributed by atoms with Gasteiger partial charge >= 0.3 is 12.1 Å². The molecule has 0 saturated heterocycles. The summed E-state index contributed by atoms with van der Waals surface area (Å²) in [5.74, 6) is -4.20. The van der Waals surface area contributed by atoms with Crippen LogP contribution in [0.5, 0.6) is 0 Å². The Balaban J connectivity index is 2.46. The van der Waals surface area contributed by atoms with E-state index >= 15 is 0 Å². The third-order valence-electron chi connectivity index (χ3n) is 1.65. The average Bonchev–Trinajstić information content (AvgIpc) is 1.82. The van der Waals surface area contributed by atoms with Crippen LogP contribution in [0.15, 0.2) is 0 Å². The van der Waals surface area contributed by atoms with Gasteiger partial charge in [0.2, 0.25) is 5.79 Å². The van der Waals surface area contributed by atoms with Gasteiger partial charge in [-0.1, -0.05) is 0 Å². The molecule has 0 radical (unpaired) electrons. The minimum absolute atomic E-state index is 0.0782. The molecule has 0 aromatic heterocycles. The molecule has 0 atom stereocenters. The largest absolute Gasteiger partial charge is 0.491 e. The van der Waals surface area contributed by atoms with Crippen LogP contribution in [0.1, 0.15) is 19.3 Å². The van der Waals surface area contributed by atoms with Crippen LogP contribution in [-0.2, 0) is 9.53 Å². The summed E-state index contributed by atoms with van der Waals surface area (Å²) in [7, 11) is 0. The highest BCUT2D eigenvalue weighted by atomic mass is 19.4. The number of alkyl halides is 3. The van der Waals surface area contributed by atoms with Gasteiger partial charge in [-0.05, 0) is 6.42 Å². The predicted molar refractivity (Wildman–Crippen MR) is 30.9 cm³/mol. The molecule has 1 aliphatic carbocycles. The van der Waals surface area contributed by atoms with Crippen LogP contribution in [0.4, 0.5) is 13.2 Å². The van der Waals surface area contributed by atoms with Gasteiger partial charge in [-0.3, -0.25) is 0 Å². The summed E-state index contributed by atoms with van der Waals surface area (Å²) in [6.07, 6.45) is -4.30. The molecular formula is C6H7F3O3. The lowest BCUT2D eigenvalue weighted by Crippen LogP contribution is -2.44. The molecule has 1 aliphatic rings. The number of carbonyl (C=O) groups excluding carboxylic acids is 1. The first-order chi connectivity index (χ1) is 5.33. The zero-order valence-electron chi connectivity index (χ0n) is 6.02. The standard InChI is InChI=1S/C6H7F3O3/c7-6(8,9)4(10)12-5(11)2-1-3-5/h11H,1-3H2. The van der Waals surface area contributed by atoms with Crippen LogP contribution >= 0.6 is 0 Å². The molecule has 0 amide bonds. The lowest BCUT2D eigenvalue weighted by Gasteiger charge is -2.35. The van der Waals surface area contributed by atoms with Crippen molar-refractivity contribution in [3.05, 3.63) is 0 Å². The number of hydrogen-bond donors (Lipinski definition) is 1. The minimum atomic E-state index is -5.02. The van der Waals surface area contributed by atoms with Gasteiger partial charge < -0.3 is 9.84 Å². The number of rotatable bonds is 1. The molecule has 3 nitrogen and oxygen atoms in total. The molecular weight excluding hydrogens is 177 g/mol. The quantitative estimate of drug-likeness (QED) is 0.487. The molecule has 1 saturated carbocycles. The molecule has 0 aromatic rings. The minimum Gasteiger partial charge on any atom is -0.427 e. The van der Waals surface area contributed by atoms with Crippen molar-refractivity contribution in [2.24, 2.45) is 0 Å². The summed E-state index contributed by atoms with van der Waals surface area (Å²) < 4.78 is 38.5. The van der Waals surface area contributed by atoms with E-state index in [0.29, 0.717) is 6.42 Å². The summed E-state index contributed by atoms with van der Waals surface area (Å²) in [5, 5.41) is 9.00. The number of halogens is 3. The van der Waals surface area contributed by atoms with Gasteiger partial charge in [-0.25, -0.2) is 4.79 Å². The second-order valence-electron chi connectivity index (χ2n) is 2.69. The molecule has 1 N–H and O–H groups in total. The number of carbonyl (C=O) groups is 1. The Bertz CT molecular complexity index is 195. The summed E-state index contributed by atoms with van der Waals surface area (Å²) in [5.41, 5.74) is 0. The normalized spacial score (nSPS) is 21.3. The molecule has 6 heteroatoms. The van der Waals surface area contributed by atoms with Gasteiger partial charge in [0.25, 0.3) is 0 Å². The van der Waals surface area contributed by atoms with Gasteiger partial charge in [-0.15, -0.1) is 0 Å². The first-order valence-corrected chi connectivity index (χ1v) is 3.36. The Kier molecular flexibility index (Phi) is 2.03. The van der Waals surface area contributed by atoms with E-state index in [0.717, 1.165) is 0 Å². The van der Waals surface area contributed by atoms with Crippen LogP contribution in [0.3, 0.4) is 0 Å². The average molecular weight is 184 g/mol. The van der Waals surface area contributed by atoms with Crippen molar-refractivity contribution >= 4 is 5.97 Å². The van der Waals surface area contributed by atoms with Gasteiger partial charge in [-0.2, -0.15) is 13.2 Å². The predicted octanol–water partition coefficient (Wildman–Crippen LogP) is 0.964. The van der Waals surface area contributed by atoms with Crippen LogP contribution in [0, 0.1) is 0 Å². The van der Waals surface area contributed by atoms with Crippen molar-refractivity contribution in [2.45, 2.75) is 31.2 Å². The van der Waals surface area contributed by atoms with E-state index in [-0.39, 0.29) is 12.8 Å². The van der Waals surface area contributed by atoms with Gasteiger partial charge in [0.15, 0.2) is 0 Å². The summed E-state index contributed by atoms with van der Waals surface area (Å²) in [6.45, 7) is 0. The Morgan fingerprint density at radius 3 is 2.17 bits per heavy atom. The summed E-state index contributed by atoms with van der Waals surface area (Å²) >= 11 is 0. The van der Waals surface area contributed by atoms with E-state index in [1.807, 2.05) is 0 Å². The van der Waals surface area contributed by atoms with Crippen molar-refractivity contribution < 1.29 is 27.8 Å². The zero-order valence-corrected chi connectivity index (χ0v) is 6.02. The maximum Gasteiger partial charge on any atom is 0.491 e. The van der Waals surface area contributed by atoms with Crippen LogP contribution in [-0.4, -0.2) is 23.0 Å². The lowest BCUT2D eigenvalue weighted by atomic mass is 9.91. The lowest BCUT2D eigenvalue weighted by molar-refractivity contribution is -0.268. The van der Waals surface area contributed by atoms with E-state index in [1.54, 1.807) is 0 Å². The topological polar surface area (TPSA) is 46.5 Å². The Morgan fingerprint density at radius 1 is 1.42 bits per heavy atom. The third-order valence-corrected chi connectivity index (χ3v) is 1.65. The molecule has 0 bridgehead atoms. The maximum absolute atomic E-state index is 11.6. The van der Waals surface area contributed by atoms with Gasteiger partial charge in [0.1, 0.15) is 0 Å². The number of aliphatic hydroxyl groups is 1. The summed E-state index contributed by atoms with van der Waals surface area (Å²) in [4.78, 5) is 10.2. The van der Waals surface area contributed by atoms with E-state index in [2.05, 4.69) is 4.74 Å². The van der Waals surface area contributed by atoms with Crippen molar-refractivity contribution in [3.8, 4) is 0 Å². The molecule has 0 aromatic carbocycles. The van der Waals surface area contributed by atoms with Crippen molar-refractivity contribution in [3.63, 3.8) is 0 Å². The van der Waals surface area contributed by atoms with E-state index in [1.165, 1.54) is 0 Å². The molecule has 12 heavy (non-hydrogen) atoms. The Hall–Kier alpha value is -0.780. The highest BCUT2D eigenvalue weighted by molar-refractivity contribution is 5.76. The van der Waals surface area contributed by atoms with Crippen molar-refractivity contribution in [1.82, 2.24) is 0 Å². The fraction of sp³-hybridized carbons (Fsp3) is 0.833. The molecule has 0 aliphatic heterocycles. The monoisotopic (exact) mass is 184 g/mol. The van der Waals surface area contributed by atoms with E-state index in [9.17, 15) is 18.0 Å². The van der Waals surface area contributed by atoms with Gasteiger partial charge in [0.05, 0.1) is 0 Å². The van der Waals surface area contributed by atoms with Crippen LogP contribution in [0.2, 0.25) is 0 Å². The van der Waals surface area contributed by atoms with E-state index < -0.39 is 17.9 Å². The third kappa shape index (κ3) is 1.88. The Morgan fingerprint density at radius 2 is 1.92 bits per heavy atom. The summed E-state index contributed by atoms with van der Waals surface area (Å²) in [6, 6.07) is 0. The molecule has 0 spiro atoms. The molecule has 0 heterocycles. The van der Waals surface area contributed by atoms with E-state index in [4.69, 9.17) is 5.11 Å². The smallest absolute Gasteiger partial charge is 0.427 e. The van der Waals surface area contributed by atoms with Crippen LogP contribution in [0.25, 0.3) is 0 Å². The molecule has 1 fully saturated rings. The number of esters is 1. The van der Waals surface area contributed by atoms with Crippen molar-refractivity contribution in [1.29, 1.82) is 0 Å². The maximum atomic E-state index is 11.6. The second kappa shape index (κ2) is 2.62. The number of ether oxygens (including phenoxy) is 1. The number of hydrogen-bond acceptors (Lipinski definition) is 3. The zero-order chi connectivity index (χ0) is 9.41. The molecule has 1 rings (SSSR count). The van der Waals surface area contributed by atoms with Crippen LogP contribution < -0.4 is 0 Å².